The molecule has 0 rings (SSSR count). The molecule has 0 aromatic rings. The van der Waals surface area contributed by atoms with Crippen LogP contribution in [0.15, 0.2) is 0 Å². The van der Waals surface area contributed by atoms with Crippen LogP contribution >= 0.6 is 0 Å². The summed E-state index contributed by atoms with van der Waals surface area (Å²) in [5, 5.41) is 11.9. The van der Waals surface area contributed by atoms with Crippen LogP contribution in [0.1, 0.15) is 13.8 Å². The summed E-state index contributed by atoms with van der Waals surface area (Å²) in [6, 6.07) is -0.148. The molecule has 1 atom stereocenters. The molecule has 0 saturated heterocycles. The van der Waals surface area contributed by atoms with Gasteiger partial charge in [-0.3, -0.25) is 0 Å². The monoisotopic (exact) mass is 204 g/mol. The van der Waals surface area contributed by atoms with Crippen LogP contribution in [0, 0.1) is 0 Å². The average Bonchev–Trinajstić information content (AvgIpc) is 2.17. The molecule has 5 nitrogen and oxygen atoms in total. The molecule has 0 spiro atoms. The highest BCUT2D eigenvalue weighted by Gasteiger charge is 2.10. The van der Waals surface area contributed by atoms with Crippen LogP contribution in [0.5, 0.6) is 0 Å². The van der Waals surface area contributed by atoms with E-state index in [0.29, 0.717) is 13.1 Å². The largest absolute Gasteiger partial charge is 0.389 e. The van der Waals surface area contributed by atoms with Crippen molar-refractivity contribution in [2.75, 3.05) is 33.4 Å². The van der Waals surface area contributed by atoms with Crippen LogP contribution in [0.2, 0.25) is 0 Å². The van der Waals surface area contributed by atoms with E-state index in [4.69, 9.17) is 4.74 Å². The summed E-state index contributed by atoms with van der Waals surface area (Å²) < 4.78 is 4.73. The summed E-state index contributed by atoms with van der Waals surface area (Å²) in [5.41, 5.74) is 0. The maximum absolute atomic E-state index is 11.4. The number of aliphatic hydroxyl groups excluding tert-OH is 1. The average molecular weight is 204 g/mol. The summed E-state index contributed by atoms with van der Waals surface area (Å²) in [4.78, 5) is 13.0. The molecule has 0 aromatic carbocycles. The molecular weight excluding hydrogens is 184 g/mol. The minimum atomic E-state index is -0.639. The number of nitrogens with zero attached hydrogens (tertiary/aromatic N) is 1. The summed E-state index contributed by atoms with van der Waals surface area (Å²) in [6.07, 6.45) is -0.639. The number of urea groups is 1. The molecule has 0 aliphatic carbocycles. The summed E-state index contributed by atoms with van der Waals surface area (Å²) in [5.74, 6) is 0. The number of aliphatic hydroxyl groups is 1. The molecule has 84 valence electrons. The molecule has 0 aliphatic rings. The van der Waals surface area contributed by atoms with Gasteiger partial charge in [0.15, 0.2) is 0 Å². The minimum absolute atomic E-state index is 0.148. The Bertz CT molecular complexity index is 160. The van der Waals surface area contributed by atoms with Crippen molar-refractivity contribution in [2.24, 2.45) is 0 Å². The second kappa shape index (κ2) is 7.58. The molecule has 0 radical (unpaired) electrons. The SMILES string of the molecule is CCN(CC)C(=O)NCC(O)COC. The number of hydrogen-bond acceptors (Lipinski definition) is 3. The molecule has 0 heterocycles. The van der Waals surface area contributed by atoms with Gasteiger partial charge in [0.05, 0.1) is 12.7 Å². The predicted molar refractivity (Wildman–Crippen MR) is 54.2 cm³/mol. The molecule has 5 heteroatoms. The first-order valence-electron chi connectivity index (χ1n) is 4.85. The summed E-state index contributed by atoms with van der Waals surface area (Å²) >= 11 is 0. The van der Waals surface area contributed by atoms with Crippen LogP contribution in [-0.4, -0.2) is 55.5 Å². The van der Waals surface area contributed by atoms with E-state index in [2.05, 4.69) is 5.32 Å². The van der Waals surface area contributed by atoms with Crippen molar-refractivity contribution in [1.82, 2.24) is 10.2 Å². The number of hydrogen-bond donors (Lipinski definition) is 2. The summed E-state index contributed by atoms with van der Waals surface area (Å²) in [6.45, 7) is 5.62. The lowest BCUT2D eigenvalue weighted by atomic mass is 10.4. The van der Waals surface area contributed by atoms with E-state index >= 15 is 0 Å². The maximum Gasteiger partial charge on any atom is 0.317 e. The van der Waals surface area contributed by atoms with Crippen molar-refractivity contribution in [3.8, 4) is 0 Å². The number of ether oxygens (including phenoxy) is 1. The van der Waals surface area contributed by atoms with Gasteiger partial charge < -0.3 is 20.1 Å². The highest BCUT2D eigenvalue weighted by molar-refractivity contribution is 5.74. The Kier molecular flexibility index (Phi) is 7.14. The summed E-state index contributed by atoms with van der Waals surface area (Å²) in [7, 11) is 1.51. The molecule has 0 fully saturated rings. The Morgan fingerprint density at radius 1 is 1.50 bits per heavy atom. The lowest BCUT2D eigenvalue weighted by molar-refractivity contribution is 0.0649. The first-order chi connectivity index (χ1) is 6.65. The third-order valence-corrected chi connectivity index (χ3v) is 1.90. The smallest absolute Gasteiger partial charge is 0.317 e. The first kappa shape index (κ1) is 13.2. The zero-order chi connectivity index (χ0) is 11.0. The van der Waals surface area contributed by atoms with Crippen molar-refractivity contribution < 1.29 is 14.6 Å². The van der Waals surface area contributed by atoms with Gasteiger partial charge >= 0.3 is 6.03 Å². The van der Waals surface area contributed by atoms with Gasteiger partial charge in [0.2, 0.25) is 0 Å². The van der Waals surface area contributed by atoms with Gasteiger partial charge in [-0.1, -0.05) is 0 Å². The second-order valence-electron chi connectivity index (χ2n) is 2.97. The van der Waals surface area contributed by atoms with Gasteiger partial charge in [-0.25, -0.2) is 4.79 Å². The Balaban J connectivity index is 3.71. The van der Waals surface area contributed by atoms with Gasteiger partial charge in [-0.2, -0.15) is 0 Å². The standard InChI is InChI=1S/C9H20N2O3/c1-4-11(5-2)9(13)10-6-8(12)7-14-3/h8,12H,4-7H2,1-3H3,(H,10,13). The fourth-order valence-corrected chi connectivity index (χ4v) is 1.08. The fourth-order valence-electron chi connectivity index (χ4n) is 1.08. The normalized spacial score (nSPS) is 12.3. The third-order valence-electron chi connectivity index (χ3n) is 1.90. The highest BCUT2D eigenvalue weighted by Crippen LogP contribution is 1.89. The second-order valence-corrected chi connectivity index (χ2v) is 2.97. The van der Waals surface area contributed by atoms with Crippen molar-refractivity contribution in [3.05, 3.63) is 0 Å². The lowest BCUT2D eigenvalue weighted by Crippen LogP contribution is -2.43. The van der Waals surface area contributed by atoms with E-state index in [1.54, 1.807) is 4.90 Å². The molecule has 14 heavy (non-hydrogen) atoms. The Morgan fingerprint density at radius 2 is 2.07 bits per heavy atom. The van der Waals surface area contributed by atoms with Gasteiger partial charge in [-0.05, 0) is 13.8 Å². The number of carbonyl (C=O) groups excluding carboxylic acids is 1. The van der Waals surface area contributed by atoms with E-state index in [0.717, 1.165) is 0 Å². The van der Waals surface area contributed by atoms with E-state index in [1.165, 1.54) is 7.11 Å². The van der Waals surface area contributed by atoms with Crippen LogP contribution in [0.4, 0.5) is 4.79 Å². The van der Waals surface area contributed by atoms with Gasteiger partial charge in [0, 0.05) is 26.7 Å². The van der Waals surface area contributed by atoms with Gasteiger partial charge in [-0.15, -0.1) is 0 Å². The number of carbonyl (C=O) groups is 1. The number of rotatable bonds is 6. The van der Waals surface area contributed by atoms with Crippen molar-refractivity contribution in [1.29, 1.82) is 0 Å². The molecule has 1 unspecified atom stereocenters. The topological polar surface area (TPSA) is 61.8 Å². The van der Waals surface area contributed by atoms with Crippen LogP contribution < -0.4 is 5.32 Å². The molecular formula is C9H20N2O3. The van der Waals surface area contributed by atoms with E-state index < -0.39 is 6.10 Å². The molecule has 0 bridgehead atoms. The fraction of sp³-hybridized carbons (Fsp3) is 0.889. The third kappa shape index (κ3) is 5.04. The number of nitrogens with one attached hydrogen (secondary N) is 1. The molecule has 0 aliphatic heterocycles. The van der Waals surface area contributed by atoms with E-state index in [9.17, 15) is 9.90 Å². The van der Waals surface area contributed by atoms with Gasteiger partial charge in [0.1, 0.15) is 0 Å². The zero-order valence-electron chi connectivity index (χ0n) is 9.12. The van der Waals surface area contributed by atoms with Crippen LogP contribution in [0.3, 0.4) is 0 Å². The lowest BCUT2D eigenvalue weighted by Gasteiger charge is -2.20. The Hall–Kier alpha value is -0.810. The maximum atomic E-state index is 11.4. The van der Waals surface area contributed by atoms with Crippen molar-refractivity contribution in [3.63, 3.8) is 0 Å². The Morgan fingerprint density at radius 3 is 2.50 bits per heavy atom. The quantitative estimate of drug-likeness (QED) is 0.642. The predicted octanol–water partition coefficient (Wildman–Crippen LogP) is 0.0451. The van der Waals surface area contributed by atoms with Crippen LogP contribution in [-0.2, 0) is 4.74 Å². The minimum Gasteiger partial charge on any atom is -0.389 e. The zero-order valence-corrected chi connectivity index (χ0v) is 9.12. The highest BCUT2D eigenvalue weighted by atomic mass is 16.5. The molecule has 2 amide bonds. The van der Waals surface area contributed by atoms with Crippen molar-refractivity contribution in [2.45, 2.75) is 20.0 Å². The molecule has 0 aromatic heterocycles. The molecule has 2 N–H and O–H groups in total. The van der Waals surface area contributed by atoms with E-state index in [1.807, 2.05) is 13.8 Å². The van der Waals surface area contributed by atoms with Crippen molar-refractivity contribution >= 4 is 6.03 Å². The van der Waals surface area contributed by atoms with E-state index in [-0.39, 0.29) is 19.2 Å². The van der Waals surface area contributed by atoms with Gasteiger partial charge in [0.25, 0.3) is 0 Å². The molecule has 0 saturated carbocycles. The Labute approximate surface area is 85.0 Å². The van der Waals surface area contributed by atoms with Crippen LogP contribution in [0.25, 0.3) is 0 Å². The number of methoxy groups -OCH3 is 1. The first-order valence-corrected chi connectivity index (χ1v) is 4.85. The number of amides is 2.